The van der Waals surface area contributed by atoms with Crippen LogP contribution in [-0.2, 0) is 4.79 Å². The molecule has 0 radical (unpaired) electrons. The van der Waals surface area contributed by atoms with E-state index < -0.39 is 5.97 Å². The Balaban J connectivity index is 2.35. The second-order valence-corrected chi connectivity index (χ2v) is 5.15. The van der Waals surface area contributed by atoms with E-state index in [1.54, 1.807) is 0 Å². The highest BCUT2D eigenvalue weighted by Gasteiger charge is 2.63. The summed E-state index contributed by atoms with van der Waals surface area (Å²) in [4.78, 5) is 14.3. The molecule has 1 saturated carbocycles. The number of aryl methyl sites for hydroxylation is 2. The summed E-state index contributed by atoms with van der Waals surface area (Å²) < 4.78 is 0. The van der Waals surface area contributed by atoms with Gasteiger partial charge in [0.15, 0.2) is 0 Å². The van der Waals surface area contributed by atoms with Crippen LogP contribution in [0.25, 0.3) is 0 Å². The highest BCUT2D eigenvalue weighted by molar-refractivity contribution is 5.77. The van der Waals surface area contributed by atoms with Crippen LogP contribution >= 0.6 is 0 Å². The summed E-state index contributed by atoms with van der Waals surface area (Å²) in [6, 6.07) is 2.07. The highest BCUT2D eigenvalue weighted by Crippen LogP contribution is 2.64. The molecule has 1 aliphatic rings. The van der Waals surface area contributed by atoms with Crippen LogP contribution in [0, 0.1) is 25.2 Å². The largest absolute Gasteiger partial charge is 0.481 e. The zero-order valence-electron chi connectivity index (χ0n) is 9.59. The zero-order valence-corrected chi connectivity index (χ0v) is 9.59. The molecule has 0 spiro atoms. The van der Waals surface area contributed by atoms with Crippen LogP contribution in [0.15, 0.2) is 6.07 Å². The molecule has 1 aliphatic carbocycles. The summed E-state index contributed by atoms with van der Waals surface area (Å²) in [6.07, 6.45) is 0. The van der Waals surface area contributed by atoms with Gasteiger partial charge in [-0.05, 0) is 30.9 Å². The zero-order chi connectivity index (χ0) is 11.4. The van der Waals surface area contributed by atoms with E-state index in [1.807, 2.05) is 27.7 Å². The number of nitrogens with one attached hydrogen (secondary N) is 1. The molecule has 0 unspecified atom stereocenters. The van der Waals surface area contributed by atoms with E-state index in [0.717, 1.165) is 11.4 Å². The molecule has 1 heterocycles. The normalized spacial score (nSPS) is 27.7. The maximum Gasteiger partial charge on any atom is 0.307 e. The number of aliphatic carboxylic acids is 1. The molecule has 0 saturated heterocycles. The van der Waals surface area contributed by atoms with Gasteiger partial charge in [0.2, 0.25) is 0 Å². The lowest BCUT2D eigenvalue weighted by molar-refractivity contribution is -0.139. The lowest BCUT2D eigenvalue weighted by Crippen LogP contribution is -2.03. The molecule has 82 valence electrons. The minimum atomic E-state index is -0.678. The van der Waals surface area contributed by atoms with Gasteiger partial charge in [0.25, 0.3) is 0 Å². The number of carbonyl (C=O) groups is 1. The summed E-state index contributed by atoms with van der Waals surface area (Å²) in [5.74, 6) is -0.741. The number of carboxylic acid groups (broad SMARTS) is 1. The predicted octanol–water partition coefficient (Wildman–Crippen LogP) is 2.46. The lowest BCUT2D eigenvalue weighted by Gasteiger charge is -2.00. The van der Waals surface area contributed by atoms with Gasteiger partial charge in [0, 0.05) is 17.3 Å². The molecule has 0 aromatic carbocycles. The van der Waals surface area contributed by atoms with Crippen molar-refractivity contribution in [2.75, 3.05) is 0 Å². The number of H-pyrrole nitrogens is 1. The maximum absolute atomic E-state index is 11.1. The van der Waals surface area contributed by atoms with Crippen LogP contribution in [0.3, 0.4) is 0 Å². The van der Waals surface area contributed by atoms with Gasteiger partial charge in [-0.15, -0.1) is 0 Å². The smallest absolute Gasteiger partial charge is 0.307 e. The van der Waals surface area contributed by atoms with Gasteiger partial charge in [0.05, 0.1) is 5.92 Å². The van der Waals surface area contributed by atoms with Crippen LogP contribution in [-0.4, -0.2) is 16.1 Å². The van der Waals surface area contributed by atoms with Gasteiger partial charge in [-0.25, -0.2) is 0 Å². The van der Waals surface area contributed by atoms with Crippen molar-refractivity contribution in [1.29, 1.82) is 0 Å². The van der Waals surface area contributed by atoms with E-state index >= 15 is 0 Å². The molecule has 0 aliphatic heterocycles. The fourth-order valence-corrected chi connectivity index (χ4v) is 2.75. The number of hydrogen-bond donors (Lipinski definition) is 2. The summed E-state index contributed by atoms with van der Waals surface area (Å²) in [6.45, 7) is 8.06. The van der Waals surface area contributed by atoms with Crippen LogP contribution in [0.4, 0.5) is 0 Å². The monoisotopic (exact) mass is 207 g/mol. The van der Waals surface area contributed by atoms with Crippen molar-refractivity contribution in [2.24, 2.45) is 11.3 Å². The molecule has 0 bridgehead atoms. The molecule has 1 fully saturated rings. The maximum atomic E-state index is 11.1. The summed E-state index contributed by atoms with van der Waals surface area (Å²) >= 11 is 0. The van der Waals surface area contributed by atoms with E-state index in [0.29, 0.717) is 0 Å². The summed E-state index contributed by atoms with van der Waals surface area (Å²) in [5, 5.41) is 9.11. The number of carboxylic acids is 1. The molecule has 1 aromatic rings. The van der Waals surface area contributed by atoms with Crippen molar-refractivity contribution < 1.29 is 9.90 Å². The average Bonchev–Trinajstić information content (AvgIpc) is 2.48. The highest BCUT2D eigenvalue weighted by atomic mass is 16.4. The van der Waals surface area contributed by atoms with Crippen molar-refractivity contribution >= 4 is 5.97 Å². The standard InChI is InChI=1S/C12H17NO2/c1-6-5-8(7(2)13-6)9-10(11(14)15)12(9,3)4/h5,9-10,13H,1-4H3,(H,14,15)/t9-,10+/m1/s1. The molecular weight excluding hydrogens is 190 g/mol. The first-order valence-electron chi connectivity index (χ1n) is 5.24. The Morgan fingerprint density at radius 2 is 2.07 bits per heavy atom. The van der Waals surface area contributed by atoms with Crippen molar-refractivity contribution in [3.05, 3.63) is 23.0 Å². The fourth-order valence-electron chi connectivity index (χ4n) is 2.75. The van der Waals surface area contributed by atoms with Crippen LogP contribution in [0.1, 0.15) is 36.7 Å². The van der Waals surface area contributed by atoms with E-state index in [1.165, 1.54) is 5.56 Å². The van der Waals surface area contributed by atoms with Crippen molar-refractivity contribution in [1.82, 2.24) is 4.98 Å². The number of aromatic nitrogens is 1. The molecule has 15 heavy (non-hydrogen) atoms. The molecule has 3 heteroatoms. The second kappa shape index (κ2) is 2.87. The molecular formula is C12H17NO2. The molecule has 2 atom stereocenters. The van der Waals surface area contributed by atoms with Gasteiger partial charge in [-0.1, -0.05) is 13.8 Å². The molecule has 0 amide bonds. The van der Waals surface area contributed by atoms with Crippen LogP contribution in [0.5, 0.6) is 0 Å². The first kappa shape index (κ1) is 10.3. The quantitative estimate of drug-likeness (QED) is 0.782. The third-order valence-electron chi connectivity index (χ3n) is 3.62. The topological polar surface area (TPSA) is 53.1 Å². The van der Waals surface area contributed by atoms with Crippen molar-refractivity contribution in [3.63, 3.8) is 0 Å². The Kier molecular flexibility index (Phi) is 1.97. The molecule has 2 rings (SSSR count). The van der Waals surface area contributed by atoms with E-state index in [9.17, 15) is 4.79 Å². The van der Waals surface area contributed by atoms with E-state index in [2.05, 4.69) is 11.1 Å². The second-order valence-electron chi connectivity index (χ2n) is 5.15. The Hall–Kier alpha value is -1.25. The minimum absolute atomic E-state index is 0.106. The Morgan fingerprint density at radius 1 is 1.47 bits per heavy atom. The van der Waals surface area contributed by atoms with Crippen LogP contribution in [0.2, 0.25) is 0 Å². The predicted molar refractivity (Wildman–Crippen MR) is 57.9 cm³/mol. The third kappa shape index (κ3) is 1.37. The molecule has 2 N–H and O–H groups in total. The number of rotatable bonds is 2. The first-order chi connectivity index (χ1) is 6.85. The average molecular weight is 207 g/mol. The molecule has 1 aromatic heterocycles. The SMILES string of the molecule is Cc1cc([C@@H]2[C@@H](C(=O)O)C2(C)C)c(C)[nH]1. The van der Waals surface area contributed by atoms with E-state index in [-0.39, 0.29) is 17.3 Å². The number of hydrogen-bond acceptors (Lipinski definition) is 1. The van der Waals surface area contributed by atoms with Gasteiger partial charge in [-0.2, -0.15) is 0 Å². The van der Waals surface area contributed by atoms with Crippen molar-refractivity contribution in [3.8, 4) is 0 Å². The van der Waals surface area contributed by atoms with Gasteiger partial charge in [0.1, 0.15) is 0 Å². The first-order valence-corrected chi connectivity index (χ1v) is 5.24. The Labute approximate surface area is 89.5 Å². The number of aromatic amines is 1. The molecule has 3 nitrogen and oxygen atoms in total. The minimum Gasteiger partial charge on any atom is -0.481 e. The Bertz CT molecular complexity index is 417. The van der Waals surface area contributed by atoms with Gasteiger partial charge >= 0.3 is 5.97 Å². The van der Waals surface area contributed by atoms with Crippen LogP contribution < -0.4 is 0 Å². The Morgan fingerprint density at radius 3 is 2.40 bits per heavy atom. The lowest BCUT2D eigenvalue weighted by atomic mass is 10.0. The van der Waals surface area contributed by atoms with Gasteiger partial charge < -0.3 is 10.1 Å². The van der Waals surface area contributed by atoms with Crippen molar-refractivity contribution in [2.45, 2.75) is 33.6 Å². The third-order valence-corrected chi connectivity index (χ3v) is 3.62. The fraction of sp³-hybridized carbons (Fsp3) is 0.583. The van der Waals surface area contributed by atoms with Gasteiger partial charge in [-0.3, -0.25) is 4.79 Å². The summed E-state index contributed by atoms with van der Waals surface area (Å²) in [5.41, 5.74) is 3.28. The summed E-state index contributed by atoms with van der Waals surface area (Å²) in [7, 11) is 0. The van der Waals surface area contributed by atoms with E-state index in [4.69, 9.17) is 5.11 Å².